The van der Waals surface area contributed by atoms with Crippen LogP contribution in [0.15, 0.2) is 54.6 Å². The SMILES string of the molecule is CCC(O)(c1ccccc1)c1ccc(C(C)(C)C)cc1. The lowest BCUT2D eigenvalue weighted by Crippen LogP contribution is -2.26. The molecule has 2 aromatic rings. The van der Waals surface area contributed by atoms with E-state index in [2.05, 4.69) is 45.0 Å². The van der Waals surface area contributed by atoms with Crippen LogP contribution in [0.4, 0.5) is 0 Å². The minimum absolute atomic E-state index is 0.135. The first-order chi connectivity index (χ1) is 9.38. The molecule has 0 aromatic heterocycles. The third kappa shape index (κ3) is 2.78. The summed E-state index contributed by atoms with van der Waals surface area (Å²) in [6.45, 7) is 8.62. The maximum atomic E-state index is 11.1. The highest BCUT2D eigenvalue weighted by Crippen LogP contribution is 2.34. The third-order valence-corrected chi connectivity index (χ3v) is 3.99. The average Bonchev–Trinajstić information content (AvgIpc) is 2.46. The molecule has 0 spiro atoms. The second-order valence-electron chi connectivity index (χ2n) is 6.41. The minimum atomic E-state index is -0.905. The third-order valence-electron chi connectivity index (χ3n) is 3.99. The summed E-state index contributed by atoms with van der Waals surface area (Å²) in [4.78, 5) is 0. The van der Waals surface area contributed by atoms with E-state index in [9.17, 15) is 5.11 Å². The fourth-order valence-electron chi connectivity index (χ4n) is 2.53. The topological polar surface area (TPSA) is 20.2 Å². The van der Waals surface area contributed by atoms with Crippen molar-refractivity contribution in [1.82, 2.24) is 0 Å². The van der Waals surface area contributed by atoms with Gasteiger partial charge in [-0.3, -0.25) is 0 Å². The van der Waals surface area contributed by atoms with Crippen molar-refractivity contribution in [1.29, 1.82) is 0 Å². The first kappa shape index (κ1) is 14.8. The molecule has 2 rings (SSSR count). The molecular formula is C19H24O. The van der Waals surface area contributed by atoms with Gasteiger partial charge in [-0.2, -0.15) is 0 Å². The molecule has 0 heterocycles. The zero-order valence-corrected chi connectivity index (χ0v) is 12.9. The number of hydrogen-bond acceptors (Lipinski definition) is 1. The lowest BCUT2D eigenvalue weighted by atomic mass is 9.81. The van der Waals surface area contributed by atoms with Crippen LogP contribution in [-0.4, -0.2) is 5.11 Å². The lowest BCUT2D eigenvalue weighted by Gasteiger charge is -2.29. The zero-order valence-electron chi connectivity index (χ0n) is 12.9. The Labute approximate surface area is 122 Å². The van der Waals surface area contributed by atoms with E-state index in [0.29, 0.717) is 6.42 Å². The summed E-state index contributed by atoms with van der Waals surface area (Å²) in [7, 11) is 0. The summed E-state index contributed by atoms with van der Waals surface area (Å²) in [5.74, 6) is 0. The molecule has 0 aliphatic carbocycles. The molecule has 0 radical (unpaired) electrons. The molecule has 1 nitrogen and oxygen atoms in total. The molecule has 2 aromatic carbocycles. The van der Waals surface area contributed by atoms with E-state index in [1.807, 2.05) is 37.3 Å². The van der Waals surface area contributed by atoms with Crippen molar-refractivity contribution in [2.75, 3.05) is 0 Å². The van der Waals surface area contributed by atoms with Gasteiger partial charge < -0.3 is 5.11 Å². The highest BCUT2D eigenvalue weighted by molar-refractivity contribution is 5.38. The Hall–Kier alpha value is -1.60. The van der Waals surface area contributed by atoms with Crippen LogP contribution in [0.2, 0.25) is 0 Å². The lowest BCUT2D eigenvalue weighted by molar-refractivity contribution is 0.0765. The molecule has 20 heavy (non-hydrogen) atoms. The van der Waals surface area contributed by atoms with Gasteiger partial charge in [-0.1, -0.05) is 82.3 Å². The van der Waals surface area contributed by atoms with Gasteiger partial charge in [-0.05, 0) is 28.5 Å². The summed E-state index contributed by atoms with van der Waals surface area (Å²) in [5, 5.41) is 11.1. The van der Waals surface area contributed by atoms with Gasteiger partial charge in [0.05, 0.1) is 0 Å². The fourth-order valence-corrected chi connectivity index (χ4v) is 2.53. The van der Waals surface area contributed by atoms with Crippen molar-refractivity contribution in [2.45, 2.75) is 45.1 Å². The molecule has 0 aliphatic rings. The van der Waals surface area contributed by atoms with Crippen molar-refractivity contribution in [3.8, 4) is 0 Å². The van der Waals surface area contributed by atoms with Crippen LogP contribution in [0.5, 0.6) is 0 Å². The molecule has 0 saturated heterocycles. The molecular weight excluding hydrogens is 244 g/mol. The highest BCUT2D eigenvalue weighted by atomic mass is 16.3. The highest BCUT2D eigenvalue weighted by Gasteiger charge is 2.29. The summed E-state index contributed by atoms with van der Waals surface area (Å²) < 4.78 is 0. The van der Waals surface area contributed by atoms with Gasteiger partial charge in [0.25, 0.3) is 0 Å². The van der Waals surface area contributed by atoms with E-state index in [4.69, 9.17) is 0 Å². The number of rotatable bonds is 3. The van der Waals surface area contributed by atoms with E-state index in [-0.39, 0.29) is 5.41 Å². The van der Waals surface area contributed by atoms with Gasteiger partial charge in [-0.25, -0.2) is 0 Å². The van der Waals surface area contributed by atoms with E-state index in [0.717, 1.165) is 11.1 Å². The number of hydrogen-bond donors (Lipinski definition) is 1. The zero-order chi connectivity index (χ0) is 14.8. The Morgan fingerprint density at radius 1 is 0.750 bits per heavy atom. The van der Waals surface area contributed by atoms with Crippen molar-refractivity contribution >= 4 is 0 Å². The normalized spacial score (nSPS) is 14.8. The second-order valence-corrected chi connectivity index (χ2v) is 6.41. The summed E-state index contributed by atoms with van der Waals surface area (Å²) >= 11 is 0. The van der Waals surface area contributed by atoms with Gasteiger partial charge in [0.2, 0.25) is 0 Å². The van der Waals surface area contributed by atoms with E-state index in [1.165, 1.54) is 5.56 Å². The average molecular weight is 268 g/mol. The van der Waals surface area contributed by atoms with Crippen molar-refractivity contribution in [2.24, 2.45) is 0 Å². The molecule has 1 N–H and O–H groups in total. The van der Waals surface area contributed by atoms with Crippen LogP contribution >= 0.6 is 0 Å². The van der Waals surface area contributed by atoms with Gasteiger partial charge in [0, 0.05) is 0 Å². The first-order valence-electron chi connectivity index (χ1n) is 7.27. The smallest absolute Gasteiger partial charge is 0.114 e. The Morgan fingerprint density at radius 2 is 1.20 bits per heavy atom. The van der Waals surface area contributed by atoms with Crippen LogP contribution in [0.1, 0.15) is 50.8 Å². The van der Waals surface area contributed by atoms with Crippen LogP contribution in [0.3, 0.4) is 0 Å². The van der Waals surface area contributed by atoms with Crippen LogP contribution in [-0.2, 0) is 11.0 Å². The Bertz CT molecular complexity index is 549. The number of benzene rings is 2. The van der Waals surface area contributed by atoms with Crippen molar-refractivity contribution in [3.05, 3.63) is 71.3 Å². The molecule has 0 bridgehead atoms. The fraction of sp³-hybridized carbons (Fsp3) is 0.368. The predicted octanol–water partition coefficient (Wildman–Crippen LogP) is 4.63. The second kappa shape index (κ2) is 5.41. The molecule has 1 atom stereocenters. The molecule has 1 heteroatoms. The van der Waals surface area contributed by atoms with Gasteiger partial charge in [0.1, 0.15) is 5.60 Å². The monoisotopic (exact) mass is 268 g/mol. The van der Waals surface area contributed by atoms with Crippen molar-refractivity contribution in [3.63, 3.8) is 0 Å². The Balaban J connectivity index is 2.43. The van der Waals surface area contributed by atoms with Gasteiger partial charge in [-0.15, -0.1) is 0 Å². The predicted molar refractivity (Wildman–Crippen MR) is 84.9 cm³/mol. The first-order valence-corrected chi connectivity index (χ1v) is 7.27. The Morgan fingerprint density at radius 3 is 1.65 bits per heavy atom. The molecule has 0 saturated carbocycles. The van der Waals surface area contributed by atoms with Crippen LogP contribution in [0.25, 0.3) is 0 Å². The molecule has 0 aliphatic heterocycles. The van der Waals surface area contributed by atoms with E-state index < -0.39 is 5.60 Å². The van der Waals surface area contributed by atoms with Gasteiger partial charge >= 0.3 is 0 Å². The molecule has 1 unspecified atom stereocenters. The number of aliphatic hydroxyl groups is 1. The summed E-state index contributed by atoms with van der Waals surface area (Å²) in [5.41, 5.74) is 2.42. The molecule has 0 fully saturated rings. The minimum Gasteiger partial charge on any atom is -0.380 e. The summed E-state index contributed by atoms with van der Waals surface area (Å²) in [6, 6.07) is 18.2. The summed E-state index contributed by atoms with van der Waals surface area (Å²) in [6.07, 6.45) is 0.659. The van der Waals surface area contributed by atoms with E-state index >= 15 is 0 Å². The van der Waals surface area contributed by atoms with Crippen LogP contribution < -0.4 is 0 Å². The van der Waals surface area contributed by atoms with Crippen LogP contribution in [0, 0.1) is 0 Å². The largest absolute Gasteiger partial charge is 0.380 e. The Kier molecular flexibility index (Phi) is 4.01. The standard InChI is InChI=1S/C19H24O/c1-5-19(20,16-9-7-6-8-10-16)17-13-11-15(12-14-17)18(2,3)4/h6-14,20H,5H2,1-4H3. The maximum Gasteiger partial charge on any atom is 0.114 e. The van der Waals surface area contributed by atoms with Gasteiger partial charge in [0.15, 0.2) is 0 Å². The van der Waals surface area contributed by atoms with Crippen molar-refractivity contribution < 1.29 is 5.11 Å². The molecule has 0 amide bonds. The quantitative estimate of drug-likeness (QED) is 0.860. The molecule has 106 valence electrons. The maximum absolute atomic E-state index is 11.1. The van der Waals surface area contributed by atoms with E-state index in [1.54, 1.807) is 0 Å².